The van der Waals surface area contributed by atoms with Gasteiger partial charge in [0, 0.05) is 6.54 Å². The highest BCUT2D eigenvalue weighted by Gasteiger charge is 2.05. The molecule has 0 radical (unpaired) electrons. The summed E-state index contributed by atoms with van der Waals surface area (Å²) in [7, 11) is 0. The Morgan fingerprint density at radius 1 is 1.56 bits per heavy atom. The molecule has 0 aromatic rings. The van der Waals surface area contributed by atoms with Crippen LogP contribution in [0.1, 0.15) is 6.42 Å². The van der Waals surface area contributed by atoms with Gasteiger partial charge in [-0.1, -0.05) is 0 Å². The van der Waals surface area contributed by atoms with Crippen LogP contribution in [0, 0.1) is 0 Å². The molecule has 1 rings (SSSR count). The molecule has 0 saturated carbocycles. The van der Waals surface area contributed by atoms with E-state index < -0.39 is 0 Å². The zero-order valence-corrected chi connectivity index (χ0v) is 5.22. The van der Waals surface area contributed by atoms with Crippen molar-refractivity contribution in [1.29, 1.82) is 0 Å². The lowest BCUT2D eigenvalue weighted by atomic mass is 10.2. The zero-order valence-electron chi connectivity index (χ0n) is 5.22. The lowest BCUT2D eigenvalue weighted by molar-refractivity contribution is 0.864. The number of nitrogens with two attached hydrogens (primary N) is 2. The van der Waals surface area contributed by atoms with Gasteiger partial charge in [-0.05, 0) is 24.3 Å². The number of hydrogen-bond donors (Lipinski definition) is 3. The van der Waals surface area contributed by atoms with Gasteiger partial charge < -0.3 is 16.8 Å². The fraction of sp³-hybridized carbons (Fsp3) is 0.333. The Morgan fingerprint density at radius 2 is 2.33 bits per heavy atom. The summed E-state index contributed by atoms with van der Waals surface area (Å²) in [6.45, 7) is 0.936. The number of hydrogen-bond acceptors (Lipinski definition) is 3. The number of rotatable bonds is 1. The zero-order chi connectivity index (χ0) is 6.69. The van der Waals surface area contributed by atoms with Gasteiger partial charge in [0.2, 0.25) is 0 Å². The first kappa shape index (κ1) is 6.01. The molecular weight excluding hydrogens is 114 g/mol. The maximum atomic E-state index is 5.53. The molecule has 3 heteroatoms. The lowest BCUT2D eigenvalue weighted by Gasteiger charge is -1.92. The first-order valence-electron chi connectivity index (χ1n) is 2.95. The van der Waals surface area contributed by atoms with Crippen molar-refractivity contribution < 1.29 is 0 Å². The van der Waals surface area contributed by atoms with Crippen LogP contribution in [0.4, 0.5) is 0 Å². The van der Waals surface area contributed by atoms with E-state index in [0.29, 0.717) is 0 Å². The quantitative estimate of drug-likeness (QED) is 0.447. The van der Waals surface area contributed by atoms with E-state index in [9.17, 15) is 0 Å². The molecule has 0 unspecified atom stereocenters. The van der Waals surface area contributed by atoms with Crippen LogP contribution >= 0.6 is 0 Å². The average molecular weight is 125 g/mol. The van der Waals surface area contributed by atoms with Crippen molar-refractivity contribution in [2.75, 3.05) is 6.54 Å². The summed E-state index contributed by atoms with van der Waals surface area (Å²) < 4.78 is 0. The predicted molar refractivity (Wildman–Crippen MR) is 37.2 cm³/mol. The molecule has 0 aromatic carbocycles. The minimum absolute atomic E-state index is 0.761. The van der Waals surface area contributed by atoms with Crippen LogP contribution in [0.25, 0.3) is 0 Å². The normalized spacial score (nSPS) is 19.1. The van der Waals surface area contributed by atoms with Crippen LogP contribution in [0.15, 0.2) is 23.7 Å². The largest absolute Gasteiger partial charge is 0.405 e. The highest BCUT2D eigenvalue weighted by Crippen LogP contribution is 2.09. The van der Waals surface area contributed by atoms with Crippen molar-refractivity contribution in [3.8, 4) is 0 Å². The monoisotopic (exact) mass is 125 g/mol. The summed E-state index contributed by atoms with van der Waals surface area (Å²) in [6.07, 6.45) is 4.32. The van der Waals surface area contributed by atoms with E-state index in [0.717, 1.165) is 24.4 Å². The van der Waals surface area contributed by atoms with Gasteiger partial charge >= 0.3 is 0 Å². The molecule has 1 aliphatic heterocycles. The standard InChI is InChI=1S/C6H11N3/c7-3-1-5-2-4-9-6(5)8/h1,3,9H,2,4,7-8H2/b3-1-. The fourth-order valence-electron chi connectivity index (χ4n) is 0.869. The third-order valence-electron chi connectivity index (χ3n) is 1.35. The maximum Gasteiger partial charge on any atom is 0.0994 e. The molecule has 5 N–H and O–H groups in total. The summed E-state index contributed by atoms with van der Waals surface area (Å²) in [5, 5.41) is 3.00. The summed E-state index contributed by atoms with van der Waals surface area (Å²) in [5.74, 6) is 0.761. The van der Waals surface area contributed by atoms with Crippen molar-refractivity contribution in [3.05, 3.63) is 23.7 Å². The highest BCUT2D eigenvalue weighted by atomic mass is 15.0. The fourth-order valence-corrected chi connectivity index (χ4v) is 0.869. The van der Waals surface area contributed by atoms with Crippen LogP contribution in [0.5, 0.6) is 0 Å². The first-order chi connectivity index (χ1) is 4.34. The summed E-state index contributed by atoms with van der Waals surface area (Å²) in [4.78, 5) is 0. The van der Waals surface area contributed by atoms with Gasteiger partial charge in [0.15, 0.2) is 0 Å². The second-order valence-electron chi connectivity index (χ2n) is 1.97. The van der Waals surface area contributed by atoms with E-state index in [1.54, 1.807) is 0 Å². The van der Waals surface area contributed by atoms with E-state index in [2.05, 4.69) is 5.32 Å². The van der Waals surface area contributed by atoms with E-state index in [1.807, 2.05) is 6.08 Å². The van der Waals surface area contributed by atoms with Crippen LogP contribution < -0.4 is 16.8 Å². The van der Waals surface area contributed by atoms with Gasteiger partial charge in [-0.2, -0.15) is 0 Å². The molecule has 0 bridgehead atoms. The van der Waals surface area contributed by atoms with E-state index in [1.165, 1.54) is 6.20 Å². The molecule has 1 aliphatic rings. The minimum Gasteiger partial charge on any atom is -0.405 e. The van der Waals surface area contributed by atoms with Gasteiger partial charge in [0.1, 0.15) is 0 Å². The molecule has 0 fully saturated rings. The Hall–Kier alpha value is -1.12. The Bertz CT molecular complexity index is 158. The molecule has 9 heavy (non-hydrogen) atoms. The summed E-state index contributed by atoms with van der Waals surface area (Å²) in [5.41, 5.74) is 11.8. The molecule has 0 atom stereocenters. The maximum absolute atomic E-state index is 5.53. The van der Waals surface area contributed by atoms with E-state index >= 15 is 0 Å². The third kappa shape index (κ3) is 1.16. The van der Waals surface area contributed by atoms with Crippen LogP contribution in [-0.4, -0.2) is 6.54 Å². The molecule has 0 aliphatic carbocycles. The first-order valence-corrected chi connectivity index (χ1v) is 2.95. The summed E-state index contributed by atoms with van der Waals surface area (Å²) in [6, 6.07) is 0. The Balaban J connectivity index is 2.66. The van der Waals surface area contributed by atoms with E-state index in [-0.39, 0.29) is 0 Å². The van der Waals surface area contributed by atoms with E-state index in [4.69, 9.17) is 11.5 Å². The van der Waals surface area contributed by atoms with Gasteiger partial charge in [-0.15, -0.1) is 0 Å². The van der Waals surface area contributed by atoms with Crippen molar-refractivity contribution in [2.24, 2.45) is 11.5 Å². The second-order valence-corrected chi connectivity index (χ2v) is 1.97. The minimum atomic E-state index is 0.761. The van der Waals surface area contributed by atoms with Crippen molar-refractivity contribution in [2.45, 2.75) is 6.42 Å². The molecule has 3 nitrogen and oxygen atoms in total. The molecule has 0 aromatic heterocycles. The van der Waals surface area contributed by atoms with Gasteiger partial charge in [0.05, 0.1) is 5.82 Å². The van der Waals surface area contributed by atoms with Gasteiger partial charge in [0.25, 0.3) is 0 Å². The van der Waals surface area contributed by atoms with Gasteiger partial charge in [-0.25, -0.2) is 0 Å². The van der Waals surface area contributed by atoms with Crippen LogP contribution in [-0.2, 0) is 0 Å². The Kier molecular flexibility index (Phi) is 1.63. The predicted octanol–water partition coefficient (Wildman–Crippen LogP) is -0.378. The molecule has 50 valence electrons. The molecule has 0 amide bonds. The molecule has 0 spiro atoms. The number of nitrogens with one attached hydrogen (secondary N) is 1. The van der Waals surface area contributed by atoms with Crippen molar-refractivity contribution >= 4 is 0 Å². The molecular formula is C6H11N3. The SMILES string of the molecule is N/C=C\C1=C(N)NCC1. The number of allylic oxidation sites excluding steroid dienone is 1. The second kappa shape index (κ2) is 2.44. The third-order valence-corrected chi connectivity index (χ3v) is 1.35. The summed E-state index contributed by atoms with van der Waals surface area (Å²) >= 11 is 0. The van der Waals surface area contributed by atoms with Crippen molar-refractivity contribution in [3.63, 3.8) is 0 Å². The highest BCUT2D eigenvalue weighted by molar-refractivity contribution is 5.26. The van der Waals surface area contributed by atoms with Crippen LogP contribution in [0.2, 0.25) is 0 Å². The van der Waals surface area contributed by atoms with Gasteiger partial charge in [-0.3, -0.25) is 0 Å². The Morgan fingerprint density at radius 3 is 2.78 bits per heavy atom. The average Bonchev–Trinajstić information content (AvgIpc) is 2.18. The van der Waals surface area contributed by atoms with Crippen molar-refractivity contribution in [1.82, 2.24) is 5.32 Å². The molecule has 0 saturated heterocycles. The van der Waals surface area contributed by atoms with Crippen LogP contribution in [0.3, 0.4) is 0 Å². The topological polar surface area (TPSA) is 64.1 Å². The Labute approximate surface area is 54.4 Å². The smallest absolute Gasteiger partial charge is 0.0994 e. The lowest BCUT2D eigenvalue weighted by Crippen LogP contribution is -2.14. The molecule has 1 heterocycles.